The molecule has 2 aliphatic rings. The summed E-state index contributed by atoms with van der Waals surface area (Å²) >= 11 is 0. The summed E-state index contributed by atoms with van der Waals surface area (Å²) in [4.78, 5) is 12.6. The van der Waals surface area contributed by atoms with Gasteiger partial charge in [-0.25, -0.2) is 13.2 Å². The summed E-state index contributed by atoms with van der Waals surface area (Å²) in [5.41, 5.74) is 0. The summed E-state index contributed by atoms with van der Waals surface area (Å²) < 4.78 is 39.0. The number of amides is 2. The number of carbonyl (C=O) groups is 1. The van der Waals surface area contributed by atoms with Crippen LogP contribution in [0.25, 0.3) is 0 Å². The Morgan fingerprint density at radius 3 is 2.32 bits per heavy atom. The fraction of sp³-hybridized carbons (Fsp3) is 0.600. The number of benzene rings is 1. The van der Waals surface area contributed by atoms with E-state index in [-0.39, 0.29) is 44.1 Å². The van der Waals surface area contributed by atoms with E-state index in [0.29, 0.717) is 18.7 Å². The summed E-state index contributed by atoms with van der Waals surface area (Å²) in [6, 6.07) is 5.25. The van der Waals surface area contributed by atoms with Crippen molar-refractivity contribution in [1.29, 1.82) is 0 Å². The number of ether oxygens (including phenoxy) is 2. The summed E-state index contributed by atoms with van der Waals surface area (Å²) in [5.74, 6) is 0.779. The number of urea groups is 1. The monoisotopic (exact) mass is 494 g/mol. The largest absolute Gasteiger partial charge is 0.497 e. The molecule has 8 nitrogen and oxygen atoms in total. The molecule has 1 saturated heterocycles. The summed E-state index contributed by atoms with van der Waals surface area (Å²) in [6.07, 6.45) is 10.2. The highest BCUT2D eigenvalue weighted by Crippen LogP contribution is 2.33. The number of hydrogen-bond donors (Lipinski definition) is 2. The van der Waals surface area contributed by atoms with Crippen LogP contribution in [0.2, 0.25) is 0 Å². The molecule has 1 saturated carbocycles. The molecule has 3 rings (SSSR count). The van der Waals surface area contributed by atoms with Crippen molar-refractivity contribution in [2.45, 2.75) is 75.1 Å². The van der Waals surface area contributed by atoms with Gasteiger partial charge in [0.15, 0.2) is 0 Å². The van der Waals surface area contributed by atoms with Gasteiger partial charge in [-0.15, -0.1) is 0 Å². The molecule has 5 radical (unpaired) electrons. The lowest BCUT2D eigenvalue weighted by atomic mass is 9.97. The molecule has 0 bridgehead atoms. The van der Waals surface area contributed by atoms with Crippen LogP contribution in [0.5, 0.6) is 11.5 Å². The second-order valence-electron chi connectivity index (χ2n) is 8.49. The Labute approximate surface area is 206 Å². The van der Waals surface area contributed by atoms with Crippen molar-refractivity contribution < 1.29 is 22.7 Å². The minimum Gasteiger partial charge on any atom is -0.497 e. The Bertz CT molecular complexity index is 854. The van der Waals surface area contributed by atoms with E-state index in [4.69, 9.17) is 9.47 Å². The summed E-state index contributed by atoms with van der Waals surface area (Å²) in [7, 11) is -0.819. The van der Waals surface area contributed by atoms with E-state index in [0.717, 1.165) is 44.6 Å². The SMILES string of the molecule is COc1ccc(S(=O)(=O)N2CCCCC2CNC(=O)N[C]2CCCCCCC2)c(OC)c1.[CH2].[CH2]. The molecular formula is C25H40N3O5S. The van der Waals surface area contributed by atoms with Crippen LogP contribution in [0, 0.1) is 20.9 Å². The molecule has 1 aliphatic carbocycles. The number of nitrogens with zero attached hydrogens (tertiary/aromatic N) is 1. The number of methoxy groups -OCH3 is 2. The van der Waals surface area contributed by atoms with E-state index in [9.17, 15) is 13.2 Å². The molecule has 1 aliphatic heterocycles. The topological polar surface area (TPSA) is 97.0 Å². The molecule has 1 aromatic carbocycles. The first kappa shape index (κ1) is 30.0. The van der Waals surface area contributed by atoms with Crippen molar-refractivity contribution in [3.8, 4) is 11.5 Å². The molecule has 2 fully saturated rings. The van der Waals surface area contributed by atoms with Gasteiger partial charge in [0.2, 0.25) is 10.0 Å². The second-order valence-corrected chi connectivity index (χ2v) is 10.3. The van der Waals surface area contributed by atoms with E-state index in [1.807, 2.05) is 0 Å². The zero-order valence-electron chi connectivity index (χ0n) is 20.6. The number of hydrogen-bond acceptors (Lipinski definition) is 5. The van der Waals surface area contributed by atoms with Crippen molar-refractivity contribution in [3.05, 3.63) is 39.1 Å². The molecule has 2 amide bonds. The van der Waals surface area contributed by atoms with E-state index >= 15 is 0 Å². The first-order valence-electron chi connectivity index (χ1n) is 11.6. The van der Waals surface area contributed by atoms with Crippen LogP contribution in [-0.4, -0.2) is 52.1 Å². The molecule has 9 heteroatoms. The highest BCUT2D eigenvalue weighted by Gasteiger charge is 2.35. The van der Waals surface area contributed by atoms with Crippen molar-refractivity contribution in [2.24, 2.45) is 0 Å². The third kappa shape index (κ3) is 7.77. The standard InChI is InChI=1S/C23H36N3O5S.2CH2/c1-30-20-13-14-22(21(16-20)31-2)32(28,29)26-15-9-8-12-19(26)17-24-23(27)25-18-10-6-4-3-5-7-11-18;;/h13-14,16,19H,3-12,15,17H2,1-2H3,(H2,24,25,27);2*1H2. The van der Waals surface area contributed by atoms with Crippen LogP contribution in [0.15, 0.2) is 23.1 Å². The van der Waals surface area contributed by atoms with Gasteiger partial charge in [0.1, 0.15) is 16.4 Å². The Morgan fingerprint density at radius 2 is 1.68 bits per heavy atom. The summed E-state index contributed by atoms with van der Waals surface area (Å²) in [5, 5.41) is 5.92. The molecule has 34 heavy (non-hydrogen) atoms. The minimum absolute atomic E-state index is 0. The number of sulfonamides is 1. The lowest BCUT2D eigenvalue weighted by molar-refractivity contribution is 0.223. The van der Waals surface area contributed by atoms with Crippen molar-refractivity contribution in [2.75, 3.05) is 27.3 Å². The second kappa shape index (κ2) is 14.4. The van der Waals surface area contributed by atoms with Gasteiger partial charge in [0.05, 0.1) is 20.3 Å². The lowest BCUT2D eigenvalue weighted by Crippen LogP contribution is -2.51. The average molecular weight is 495 g/mol. The van der Waals surface area contributed by atoms with Gasteiger partial charge in [-0.2, -0.15) is 4.31 Å². The Hall–Kier alpha value is -2.00. The quantitative estimate of drug-likeness (QED) is 0.583. The molecule has 0 aromatic heterocycles. The minimum atomic E-state index is -3.79. The maximum Gasteiger partial charge on any atom is 0.315 e. The predicted octanol–water partition coefficient (Wildman–Crippen LogP) is 4.48. The zero-order valence-corrected chi connectivity index (χ0v) is 21.4. The molecule has 0 spiro atoms. The number of carbonyl (C=O) groups excluding carboxylic acids is 1. The highest BCUT2D eigenvalue weighted by molar-refractivity contribution is 7.89. The maximum absolute atomic E-state index is 13.5. The van der Waals surface area contributed by atoms with Crippen LogP contribution in [-0.2, 0) is 10.0 Å². The first-order valence-corrected chi connectivity index (χ1v) is 13.0. The average Bonchev–Trinajstić information content (AvgIpc) is 2.79. The third-order valence-corrected chi connectivity index (χ3v) is 8.27. The van der Waals surface area contributed by atoms with Crippen LogP contribution >= 0.6 is 0 Å². The fourth-order valence-electron chi connectivity index (χ4n) is 4.48. The first-order chi connectivity index (χ1) is 15.5. The summed E-state index contributed by atoms with van der Waals surface area (Å²) in [6.45, 7) is 0.694. The van der Waals surface area contributed by atoms with Gasteiger partial charge in [-0.05, 0) is 37.8 Å². The lowest BCUT2D eigenvalue weighted by Gasteiger charge is -2.35. The Morgan fingerprint density at radius 1 is 1.00 bits per heavy atom. The number of nitrogens with one attached hydrogen (secondary N) is 2. The third-order valence-electron chi connectivity index (χ3n) is 6.28. The molecule has 1 heterocycles. The molecule has 191 valence electrons. The van der Waals surface area contributed by atoms with Gasteiger partial charge < -0.3 is 20.1 Å². The Balaban J connectivity index is 0.00000289. The molecule has 1 unspecified atom stereocenters. The van der Waals surface area contributed by atoms with Gasteiger partial charge in [-0.3, -0.25) is 0 Å². The van der Waals surface area contributed by atoms with Crippen LogP contribution in [0.4, 0.5) is 4.79 Å². The predicted molar refractivity (Wildman–Crippen MR) is 134 cm³/mol. The van der Waals surface area contributed by atoms with Crippen LogP contribution < -0.4 is 20.1 Å². The van der Waals surface area contributed by atoms with Crippen molar-refractivity contribution >= 4 is 16.1 Å². The van der Waals surface area contributed by atoms with E-state index < -0.39 is 10.0 Å². The van der Waals surface area contributed by atoms with Gasteiger partial charge >= 0.3 is 6.03 Å². The maximum atomic E-state index is 13.5. The molecule has 1 atom stereocenters. The van der Waals surface area contributed by atoms with Gasteiger partial charge in [0, 0.05) is 25.2 Å². The smallest absolute Gasteiger partial charge is 0.315 e. The van der Waals surface area contributed by atoms with Crippen LogP contribution in [0.3, 0.4) is 0 Å². The van der Waals surface area contributed by atoms with Gasteiger partial charge in [0.25, 0.3) is 0 Å². The molecule has 1 aromatic rings. The van der Waals surface area contributed by atoms with Crippen LogP contribution in [0.1, 0.15) is 64.2 Å². The van der Waals surface area contributed by atoms with Gasteiger partial charge in [-0.1, -0.05) is 53.4 Å². The van der Waals surface area contributed by atoms with E-state index in [1.54, 1.807) is 12.1 Å². The van der Waals surface area contributed by atoms with Crippen molar-refractivity contribution in [3.63, 3.8) is 0 Å². The van der Waals surface area contributed by atoms with E-state index in [1.165, 1.54) is 43.9 Å². The molecular weight excluding hydrogens is 454 g/mol. The van der Waals surface area contributed by atoms with Crippen molar-refractivity contribution in [1.82, 2.24) is 14.9 Å². The number of piperidine rings is 1. The normalized spacial score (nSPS) is 20.0. The highest BCUT2D eigenvalue weighted by atomic mass is 32.2. The van der Waals surface area contributed by atoms with E-state index in [2.05, 4.69) is 10.6 Å². The Kier molecular flexibility index (Phi) is 12.7. The zero-order chi connectivity index (χ0) is 23.0. The fourth-order valence-corrected chi connectivity index (χ4v) is 6.31. The number of rotatable bonds is 7. The molecule has 2 N–H and O–H groups in total.